The van der Waals surface area contributed by atoms with Gasteiger partial charge in [0.2, 0.25) is 0 Å². The van der Waals surface area contributed by atoms with E-state index in [1.807, 2.05) is 6.07 Å². The Bertz CT molecular complexity index is 287. The van der Waals surface area contributed by atoms with E-state index in [0.717, 1.165) is 5.56 Å². The molecule has 13 heavy (non-hydrogen) atoms. The molecule has 0 aliphatic heterocycles. The molecule has 0 spiro atoms. The van der Waals surface area contributed by atoms with Crippen LogP contribution in [0.25, 0.3) is 0 Å². The highest BCUT2D eigenvalue weighted by molar-refractivity contribution is 6.30. The first-order valence-corrected chi connectivity index (χ1v) is 4.40. The Morgan fingerprint density at radius 1 is 1.62 bits per heavy atom. The first-order valence-electron chi connectivity index (χ1n) is 4.02. The van der Waals surface area contributed by atoms with Crippen LogP contribution in [0, 0.1) is 0 Å². The summed E-state index contributed by atoms with van der Waals surface area (Å²) in [6.07, 6.45) is 0. The normalized spacial score (nSPS) is 12.8. The van der Waals surface area contributed by atoms with Gasteiger partial charge in [0, 0.05) is 10.7 Å². The first-order chi connectivity index (χ1) is 6.19. The number of nitrogens with one attached hydrogen (secondary N) is 1. The van der Waals surface area contributed by atoms with Crippen molar-refractivity contribution in [3.8, 4) is 0 Å². The summed E-state index contributed by atoms with van der Waals surface area (Å²) in [6, 6.07) is 5.12. The Balaban J connectivity index is 2.99. The van der Waals surface area contributed by atoms with Crippen LogP contribution >= 0.6 is 11.6 Å². The monoisotopic (exact) mass is 200 g/mol. The van der Waals surface area contributed by atoms with Gasteiger partial charge in [-0.05, 0) is 24.7 Å². The van der Waals surface area contributed by atoms with Crippen LogP contribution in [-0.4, -0.2) is 18.8 Å². The number of likely N-dealkylation sites (N-methyl/N-ethyl adjacent to an activating group) is 1. The Hall–Kier alpha value is -0.770. The molecule has 1 atom stereocenters. The molecule has 72 valence electrons. The van der Waals surface area contributed by atoms with Crippen molar-refractivity contribution < 1.29 is 5.11 Å². The van der Waals surface area contributed by atoms with Gasteiger partial charge in [0.05, 0.1) is 12.6 Å². The lowest BCUT2D eigenvalue weighted by molar-refractivity contribution is 0.251. The Morgan fingerprint density at radius 2 is 2.31 bits per heavy atom. The Labute approximate surface area is 82.5 Å². The molecule has 4 heteroatoms. The standard InChI is InChI=1S/C9H13ClN2O/c1-12-9(5-13)7-3-2-6(10)4-8(7)11/h2-4,9,12-13H,5,11H2,1H3. The molecule has 0 radical (unpaired) electrons. The van der Waals surface area contributed by atoms with Crippen molar-refractivity contribution in [1.82, 2.24) is 5.32 Å². The van der Waals surface area contributed by atoms with Crippen molar-refractivity contribution in [3.63, 3.8) is 0 Å². The smallest absolute Gasteiger partial charge is 0.0627 e. The molecule has 1 aromatic rings. The highest BCUT2D eigenvalue weighted by Crippen LogP contribution is 2.23. The van der Waals surface area contributed by atoms with E-state index >= 15 is 0 Å². The molecule has 0 heterocycles. The molecule has 0 saturated heterocycles. The highest BCUT2D eigenvalue weighted by atomic mass is 35.5. The van der Waals surface area contributed by atoms with Crippen LogP contribution < -0.4 is 11.1 Å². The lowest BCUT2D eigenvalue weighted by Crippen LogP contribution is -2.21. The number of benzene rings is 1. The third-order valence-corrected chi connectivity index (χ3v) is 2.19. The fourth-order valence-electron chi connectivity index (χ4n) is 1.21. The molecule has 0 bridgehead atoms. The lowest BCUT2D eigenvalue weighted by Gasteiger charge is -2.15. The van der Waals surface area contributed by atoms with Crippen molar-refractivity contribution in [2.45, 2.75) is 6.04 Å². The van der Waals surface area contributed by atoms with Crippen LogP contribution in [-0.2, 0) is 0 Å². The van der Waals surface area contributed by atoms with E-state index in [4.69, 9.17) is 22.4 Å². The first kappa shape index (κ1) is 10.3. The summed E-state index contributed by atoms with van der Waals surface area (Å²) in [7, 11) is 1.77. The molecule has 1 unspecified atom stereocenters. The number of hydrogen-bond acceptors (Lipinski definition) is 3. The van der Waals surface area contributed by atoms with Crippen LogP contribution in [0.15, 0.2) is 18.2 Å². The van der Waals surface area contributed by atoms with E-state index in [1.165, 1.54) is 0 Å². The van der Waals surface area contributed by atoms with E-state index < -0.39 is 0 Å². The van der Waals surface area contributed by atoms with Gasteiger partial charge in [-0.3, -0.25) is 0 Å². The molecule has 0 amide bonds. The SMILES string of the molecule is CNC(CO)c1ccc(Cl)cc1N. The summed E-state index contributed by atoms with van der Waals surface area (Å²) in [6.45, 7) is 0.0162. The second kappa shape index (κ2) is 4.46. The third kappa shape index (κ3) is 2.34. The molecule has 0 saturated carbocycles. The molecule has 4 N–H and O–H groups in total. The zero-order chi connectivity index (χ0) is 9.84. The van der Waals surface area contributed by atoms with Gasteiger partial charge in [-0.1, -0.05) is 17.7 Å². The molecular weight excluding hydrogens is 188 g/mol. The van der Waals surface area contributed by atoms with Crippen LogP contribution in [0.3, 0.4) is 0 Å². The van der Waals surface area contributed by atoms with Gasteiger partial charge in [0.25, 0.3) is 0 Å². The van der Waals surface area contributed by atoms with Crippen LogP contribution in [0.4, 0.5) is 5.69 Å². The van der Waals surface area contributed by atoms with Crippen LogP contribution in [0.5, 0.6) is 0 Å². The number of aliphatic hydroxyl groups excluding tert-OH is 1. The van der Waals surface area contributed by atoms with Crippen molar-refractivity contribution >= 4 is 17.3 Å². The van der Waals surface area contributed by atoms with Crippen molar-refractivity contribution in [1.29, 1.82) is 0 Å². The Kier molecular flexibility index (Phi) is 3.54. The predicted octanol–water partition coefficient (Wildman–Crippen LogP) is 1.18. The number of halogens is 1. The molecule has 3 nitrogen and oxygen atoms in total. The van der Waals surface area contributed by atoms with Gasteiger partial charge in [0.15, 0.2) is 0 Å². The van der Waals surface area contributed by atoms with E-state index in [-0.39, 0.29) is 12.6 Å². The molecule has 0 fully saturated rings. The zero-order valence-electron chi connectivity index (χ0n) is 7.42. The average molecular weight is 201 g/mol. The summed E-state index contributed by atoms with van der Waals surface area (Å²) >= 11 is 5.75. The molecule has 1 aromatic carbocycles. The summed E-state index contributed by atoms with van der Waals surface area (Å²) in [5.74, 6) is 0. The maximum Gasteiger partial charge on any atom is 0.0627 e. The summed E-state index contributed by atoms with van der Waals surface area (Å²) in [5.41, 5.74) is 7.21. The van der Waals surface area contributed by atoms with E-state index in [1.54, 1.807) is 19.2 Å². The maximum atomic E-state index is 9.02. The number of anilines is 1. The number of rotatable bonds is 3. The van der Waals surface area contributed by atoms with Crippen LogP contribution in [0.1, 0.15) is 11.6 Å². The minimum atomic E-state index is -0.128. The minimum Gasteiger partial charge on any atom is -0.398 e. The van der Waals surface area contributed by atoms with Crippen molar-refractivity contribution in [2.24, 2.45) is 0 Å². The van der Waals surface area contributed by atoms with Crippen LogP contribution in [0.2, 0.25) is 5.02 Å². The summed E-state index contributed by atoms with van der Waals surface area (Å²) < 4.78 is 0. The van der Waals surface area contributed by atoms with E-state index in [2.05, 4.69) is 5.32 Å². The predicted molar refractivity (Wildman–Crippen MR) is 54.8 cm³/mol. The second-order valence-electron chi connectivity index (χ2n) is 2.80. The highest BCUT2D eigenvalue weighted by Gasteiger charge is 2.10. The quantitative estimate of drug-likeness (QED) is 0.643. The maximum absolute atomic E-state index is 9.02. The van der Waals surface area contributed by atoms with Crippen molar-refractivity contribution in [3.05, 3.63) is 28.8 Å². The fourth-order valence-corrected chi connectivity index (χ4v) is 1.39. The van der Waals surface area contributed by atoms with Gasteiger partial charge in [-0.15, -0.1) is 0 Å². The zero-order valence-corrected chi connectivity index (χ0v) is 8.17. The number of hydrogen-bond donors (Lipinski definition) is 3. The summed E-state index contributed by atoms with van der Waals surface area (Å²) in [5, 5.41) is 12.6. The second-order valence-corrected chi connectivity index (χ2v) is 3.23. The van der Waals surface area contributed by atoms with Gasteiger partial charge in [-0.25, -0.2) is 0 Å². The number of aliphatic hydroxyl groups is 1. The van der Waals surface area contributed by atoms with Gasteiger partial charge in [-0.2, -0.15) is 0 Å². The third-order valence-electron chi connectivity index (χ3n) is 1.96. The number of nitrogen functional groups attached to an aromatic ring is 1. The average Bonchev–Trinajstić information content (AvgIpc) is 2.10. The Morgan fingerprint density at radius 3 is 2.77 bits per heavy atom. The van der Waals surface area contributed by atoms with E-state index in [0.29, 0.717) is 10.7 Å². The minimum absolute atomic E-state index is 0.0162. The molecule has 0 aliphatic rings. The number of nitrogens with two attached hydrogens (primary N) is 1. The topological polar surface area (TPSA) is 58.3 Å². The van der Waals surface area contributed by atoms with E-state index in [9.17, 15) is 0 Å². The van der Waals surface area contributed by atoms with Gasteiger partial charge in [0.1, 0.15) is 0 Å². The van der Waals surface area contributed by atoms with Gasteiger partial charge >= 0.3 is 0 Å². The van der Waals surface area contributed by atoms with Crippen molar-refractivity contribution in [2.75, 3.05) is 19.4 Å². The fraction of sp³-hybridized carbons (Fsp3) is 0.333. The molecular formula is C9H13ClN2O. The molecule has 1 rings (SSSR count). The molecule has 0 aliphatic carbocycles. The molecule has 0 aromatic heterocycles. The largest absolute Gasteiger partial charge is 0.398 e. The lowest BCUT2D eigenvalue weighted by atomic mass is 10.1. The van der Waals surface area contributed by atoms with Gasteiger partial charge < -0.3 is 16.2 Å². The summed E-state index contributed by atoms with van der Waals surface area (Å²) in [4.78, 5) is 0.